The van der Waals surface area contributed by atoms with Crippen molar-refractivity contribution in [2.24, 2.45) is 5.41 Å². The van der Waals surface area contributed by atoms with Crippen molar-refractivity contribution in [1.29, 1.82) is 0 Å². The molecule has 5 nitrogen and oxygen atoms in total. The minimum Gasteiger partial charge on any atom is -0.356 e. The molecule has 3 fully saturated rings. The van der Waals surface area contributed by atoms with E-state index < -0.39 is 0 Å². The van der Waals surface area contributed by atoms with Gasteiger partial charge in [0.15, 0.2) is 0 Å². The zero-order chi connectivity index (χ0) is 18.7. The lowest BCUT2D eigenvalue weighted by atomic mass is 9.75. The van der Waals surface area contributed by atoms with Crippen LogP contribution in [0.4, 0.5) is 11.8 Å². The molecule has 0 amide bonds. The predicted octanol–water partition coefficient (Wildman–Crippen LogP) is 4.31. The monoisotopic (exact) mass is 371 g/mol. The van der Waals surface area contributed by atoms with Crippen molar-refractivity contribution in [3.8, 4) is 0 Å². The molecule has 4 rings (SSSR count). The Morgan fingerprint density at radius 2 is 1.85 bits per heavy atom. The Kier molecular flexibility index (Phi) is 5.86. The fraction of sp³-hybridized carbons (Fsp3) is 0.818. The summed E-state index contributed by atoms with van der Waals surface area (Å²) in [4.78, 5) is 14.5. The number of anilines is 2. The fourth-order valence-corrected chi connectivity index (χ4v) is 5.28. The average molecular weight is 372 g/mol. The number of rotatable bonds is 4. The first kappa shape index (κ1) is 19.0. The molecule has 1 saturated carbocycles. The van der Waals surface area contributed by atoms with Gasteiger partial charge in [0.2, 0.25) is 5.95 Å². The lowest BCUT2D eigenvalue weighted by molar-refractivity contribution is 0.113. The number of likely N-dealkylation sites (tertiary alicyclic amines) is 1. The van der Waals surface area contributed by atoms with E-state index in [-0.39, 0.29) is 0 Å². The first-order valence-electron chi connectivity index (χ1n) is 11.2. The zero-order valence-corrected chi connectivity index (χ0v) is 17.3. The third kappa shape index (κ3) is 4.92. The molecular formula is C22H37N5. The SMILES string of the molecule is CC1(C)CCCC(N2CCC(Nc3nccc(N4CCCCCC4)n3)C2)C1. The summed E-state index contributed by atoms with van der Waals surface area (Å²) >= 11 is 0. The van der Waals surface area contributed by atoms with Crippen molar-refractivity contribution in [3.63, 3.8) is 0 Å². The van der Waals surface area contributed by atoms with Crippen molar-refractivity contribution >= 4 is 11.8 Å². The van der Waals surface area contributed by atoms with E-state index in [1.54, 1.807) is 0 Å². The normalized spacial score (nSPS) is 29.5. The molecule has 0 bridgehead atoms. The molecule has 0 aromatic carbocycles. The Morgan fingerprint density at radius 1 is 1.04 bits per heavy atom. The maximum Gasteiger partial charge on any atom is 0.224 e. The van der Waals surface area contributed by atoms with Crippen LogP contribution in [0.15, 0.2) is 12.3 Å². The molecule has 1 aromatic rings. The van der Waals surface area contributed by atoms with E-state index in [1.807, 2.05) is 6.20 Å². The molecule has 1 aromatic heterocycles. The van der Waals surface area contributed by atoms with E-state index >= 15 is 0 Å². The number of aromatic nitrogens is 2. The molecule has 1 N–H and O–H groups in total. The molecule has 27 heavy (non-hydrogen) atoms. The van der Waals surface area contributed by atoms with E-state index in [4.69, 9.17) is 4.98 Å². The van der Waals surface area contributed by atoms with Gasteiger partial charge in [-0.2, -0.15) is 4.98 Å². The zero-order valence-electron chi connectivity index (χ0n) is 17.3. The van der Waals surface area contributed by atoms with Crippen LogP contribution in [-0.2, 0) is 0 Å². The minimum atomic E-state index is 0.481. The minimum absolute atomic E-state index is 0.481. The number of nitrogens with zero attached hydrogens (tertiary/aromatic N) is 4. The van der Waals surface area contributed by atoms with Gasteiger partial charge in [0.25, 0.3) is 0 Å². The van der Waals surface area contributed by atoms with E-state index in [9.17, 15) is 0 Å². The summed E-state index contributed by atoms with van der Waals surface area (Å²) < 4.78 is 0. The van der Waals surface area contributed by atoms with Gasteiger partial charge in [-0.05, 0) is 50.0 Å². The number of hydrogen-bond donors (Lipinski definition) is 1. The van der Waals surface area contributed by atoms with E-state index in [0.717, 1.165) is 37.4 Å². The summed E-state index contributed by atoms with van der Waals surface area (Å²) in [5.41, 5.74) is 0.513. The number of hydrogen-bond acceptors (Lipinski definition) is 5. The summed E-state index contributed by atoms with van der Waals surface area (Å²) in [5, 5.41) is 3.64. The highest BCUT2D eigenvalue weighted by molar-refractivity contribution is 5.43. The molecule has 0 spiro atoms. The largest absolute Gasteiger partial charge is 0.356 e. The van der Waals surface area contributed by atoms with Crippen molar-refractivity contribution in [2.75, 3.05) is 36.4 Å². The van der Waals surface area contributed by atoms with E-state index in [2.05, 4.69) is 40.0 Å². The molecule has 0 radical (unpaired) electrons. The van der Waals surface area contributed by atoms with Crippen LogP contribution in [0.5, 0.6) is 0 Å². The molecule has 5 heteroatoms. The Hall–Kier alpha value is -1.36. The average Bonchev–Trinajstić information content (AvgIpc) is 2.94. The molecule has 2 atom stereocenters. The van der Waals surface area contributed by atoms with Crippen molar-refractivity contribution < 1.29 is 0 Å². The molecule has 2 aliphatic heterocycles. The molecule has 1 aliphatic carbocycles. The molecule has 3 heterocycles. The standard InChI is InChI=1S/C22H37N5/c1-22(2)11-7-8-19(16-22)27-15-10-18(17-27)24-21-23-12-9-20(25-21)26-13-5-3-4-6-14-26/h9,12,18-19H,3-8,10-11,13-17H2,1-2H3,(H,23,24,25). The second-order valence-corrected chi connectivity index (χ2v) is 9.68. The topological polar surface area (TPSA) is 44.3 Å². The fourth-order valence-electron chi connectivity index (χ4n) is 5.28. The predicted molar refractivity (Wildman–Crippen MR) is 112 cm³/mol. The van der Waals surface area contributed by atoms with Crippen molar-refractivity contribution in [2.45, 2.75) is 83.7 Å². The second kappa shape index (κ2) is 8.34. The maximum atomic E-state index is 4.85. The lowest BCUT2D eigenvalue weighted by Crippen LogP contribution is -2.40. The maximum absolute atomic E-state index is 4.85. The van der Waals surface area contributed by atoms with E-state index in [1.165, 1.54) is 64.3 Å². The summed E-state index contributed by atoms with van der Waals surface area (Å²) in [6, 6.07) is 3.32. The molecule has 2 unspecified atom stereocenters. The van der Waals surface area contributed by atoms with Gasteiger partial charge in [0.05, 0.1) is 0 Å². The third-order valence-corrected chi connectivity index (χ3v) is 6.82. The smallest absolute Gasteiger partial charge is 0.224 e. The van der Waals surface area contributed by atoms with Gasteiger partial charge in [-0.3, -0.25) is 4.90 Å². The first-order chi connectivity index (χ1) is 13.1. The van der Waals surface area contributed by atoms with Gasteiger partial charge in [-0.25, -0.2) is 4.98 Å². The van der Waals surface area contributed by atoms with Crippen LogP contribution >= 0.6 is 0 Å². The highest BCUT2D eigenvalue weighted by atomic mass is 15.3. The van der Waals surface area contributed by atoms with Crippen LogP contribution in [-0.4, -0.2) is 53.1 Å². The van der Waals surface area contributed by atoms with Crippen LogP contribution in [0, 0.1) is 5.41 Å². The third-order valence-electron chi connectivity index (χ3n) is 6.82. The molecular weight excluding hydrogens is 334 g/mol. The van der Waals surface area contributed by atoms with E-state index in [0.29, 0.717) is 11.5 Å². The Morgan fingerprint density at radius 3 is 2.63 bits per heavy atom. The first-order valence-corrected chi connectivity index (χ1v) is 11.2. The van der Waals surface area contributed by atoms with Crippen molar-refractivity contribution in [1.82, 2.24) is 14.9 Å². The van der Waals surface area contributed by atoms with Crippen molar-refractivity contribution in [3.05, 3.63) is 12.3 Å². The summed E-state index contributed by atoms with van der Waals surface area (Å²) in [5.74, 6) is 1.91. The van der Waals surface area contributed by atoms with Gasteiger partial charge < -0.3 is 10.2 Å². The second-order valence-electron chi connectivity index (χ2n) is 9.68. The molecule has 150 valence electrons. The lowest BCUT2D eigenvalue weighted by Gasteiger charge is -2.39. The highest BCUT2D eigenvalue weighted by Gasteiger charge is 2.35. The summed E-state index contributed by atoms with van der Waals surface area (Å²) in [7, 11) is 0. The molecule has 2 saturated heterocycles. The Balaban J connectivity index is 1.34. The highest BCUT2D eigenvalue weighted by Crippen LogP contribution is 2.38. The number of nitrogens with one attached hydrogen (secondary N) is 1. The quantitative estimate of drug-likeness (QED) is 0.854. The van der Waals surface area contributed by atoms with Gasteiger partial charge in [-0.15, -0.1) is 0 Å². The van der Waals surface area contributed by atoms with Gasteiger partial charge in [-0.1, -0.05) is 33.1 Å². The molecule has 3 aliphatic rings. The van der Waals surface area contributed by atoms with Gasteiger partial charge >= 0.3 is 0 Å². The van der Waals surface area contributed by atoms with Gasteiger partial charge in [0.1, 0.15) is 5.82 Å². The van der Waals surface area contributed by atoms with Crippen LogP contribution in [0.1, 0.15) is 71.6 Å². The Bertz CT molecular complexity index is 608. The van der Waals surface area contributed by atoms with Crippen LogP contribution in [0.2, 0.25) is 0 Å². The van der Waals surface area contributed by atoms with Gasteiger partial charge in [0, 0.05) is 44.5 Å². The van der Waals surface area contributed by atoms with Crippen LogP contribution in [0.3, 0.4) is 0 Å². The summed E-state index contributed by atoms with van der Waals surface area (Å²) in [6.45, 7) is 9.48. The van der Waals surface area contributed by atoms with Crippen LogP contribution in [0.25, 0.3) is 0 Å². The summed E-state index contributed by atoms with van der Waals surface area (Å²) in [6.07, 6.45) is 13.9. The van der Waals surface area contributed by atoms with Crippen LogP contribution < -0.4 is 10.2 Å². The Labute approximate surface area is 164 Å².